The number of nitrogens with one attached hydrogen (secondary N) is 2. The van der Waals surface area contributed by atoms with Crippen molar-refractivity contribution >= 4 is 17.6 Å². The minimum absolute atomic E-state index is 0.160. The van der Waals surface area contributed by atoms with Gasteiger partial charge in [-0.25, -0.2) is 0 Å². The molecule has 0 heterocycles. The first-order valence-electron chi connectivity index (χ1n) is 9.73. The summed E-state index contributed by atoms with van der Waals surface area (Å²) < 4.78 is 5.71. The number of aliphatic carboxylic acids is 1. The maximum Gasteiger partial charge on any atom is 0.321 e. The van der Waals surface area contributed by atoms with Gasteiger partial charge in [0.1, 0.15) is 17.5 Å². The summed E-state index contributed by atoms with van der Waals surface area (Å²) in [5.41, 5.74) is 1.69. The fraction of sp³-hybridized carbons (Fsp3) is 0.167. The minimum atomic E-state index is -1.05. The van der Waals surface area contributed by atoms with E-state index in [2.05, 4.69) is 10.6 Å². The lowest BCUT2D eigenvalue weighted by atomic mass is 10.1. The third-order valence-electron chi connectivity index (χ3n) is 4.45. The lowest BCUT2D eigenvalue weighted by Gasteiger charge is -2.14. The molecule has 3 rings (SSSR count). The predicted molar refractivity (Wildman–Crippen MR) is 116 cm³/mol. The van der Waals surface area contributed by atoms with Gasteiger partial charge in [-0.05, 0) is 54.9 Å². The molecule has 0 saturated carbocycles. The molecule has 0 saturated heterocycles. The number of benzene rings is 3. The number of para-hydroxylation sites is 1. The van der Waals surface area contributed by atoms with E-state index in [1.54, 1.807) is 24.3 Å². The van der Waals surface area contributed by atoms with Gasteiger partial charge >= 0.3 is 5.97 Å². The van der Waals surface area contributed by atoms with E-state index >= 15 is 0 Å². The van der Waals surface area contributed by atoms with Crippen molar-refractivity contribution in [3.63, 3.8) is 0 Å². The Labute approximate surface area is 175 Å². The van der Waals surface area contributed by atoms with Crippen molar-refractivity contribution in [2.24, 2.45) is 0 Å². The molecule has 0 aliphatic heterocycles. The fourth-order valence-electron chi connectivity index (χ4n) is 2.91. The van der Waals surface area contributed by atoms with Gasteiger partial charge in [0.25, 0.3) is 0 Å². The van der Waals surface area contributed by atoms with Crippen molar-refractivity contribution in [2.75, 3.05) is 11.9 Å². The third-order valence-corrected chi connectivity index (χ3v) is 4.45. The summed E-state index contributed by atoms with van der Waals surface area (Å²) in [7, 11) is 0. The van der Waals surface area contributed by atoms with Crippen LogP contribution in [0, 0.1) is 0 Å². The summed E-state index contributed by atoms with van der Waals surface area (Å²) in [6.45, 7) is 0.472. The van der Waals surface area contributed by atoms with E-state index in [-0.39, 0.29) is 12.3 Å². The number of carboxylic acids is 1. The number of carboxylic acid groups (broad SMARTS) is 1. The minimum Gasteiger partial charge on any atom is -0.480 e. The number of hydrogen-bond donors (Lipinski definition) is 3. The zero-order chi connectivity index (χ0) is 21.2. The normalized spacial score (nSPS) is 11.5. The Morgan fingerprint density at radius 2 is 1.43 bits per heavy atom. The molecule has 3 aromatic carbocycles. The molecule has 6 nitrogen and oxygen atoms in total. The van der Waals surface area contributed by atoms with E-state index < -0.39 is 12.0 Å². The van der Waals surface area contributed by atoms with Crippen LogP contribution in [0.4, 0.5) is 5.69 Å². The summed E-state index contributed by atoms with van der Waals surface area (Å²) in [6.07, 6.45) is 0.529. The first-order valence-corrected chi connectivity index (χ1v) is 9.73. The van der Waals surface area contributed by atoms with Crippen molar-refractivity contribution in [1.29, 1.82) is 0 Å². The molecule has 0 aliphatic rings. The molecule has 0 fully saturated rings. The first kappa shape index (κ1) is 21.1. The first-order chi connectivity index (χ1) is 14.6. The van der Waals surface area contributed by atoms with E-state index in [1.165, 1.54) is 0 Å². The van der Waals surface area contributed by atoms with Gasteiger partial charge in [-0.15, -0.1) is 0 Å². The molecule has 0 unspecified atom stereocenters. The molecule has 0 aromatic heterocycles. The molecular formula is C24H24N2O4. The topological polar surface area (TPSA) is 87.7 Å². The van der Waals surface area contributed by atoms with Gasteiger partial charge in [-0.3, -0.25) is 9.59 Å². The fourth-order valence-corrected chi connectivity index (χ4v) is 2.91. The standard InChI is InChI=1S/C24H24N2O4/c27-23(17-22(24(28)29)25-16-15-18-7-3-1-4-8-18)26-19-11-13-21(14-12-19)30-20-9-5-2-6-10-20/h1-14,22,25H,15-17H2,(H,26,27)(H,28,29)/t22-/m0/s1. The maximum atomic E-state index is 12.3. The lowest BCUT2D eigenvalue weighted by molar-refractivity contribution is -0.141. The molecule has 3 aromatic rings. The molecule has 1 amide bonds. The Balaban J connectivity index is 1.48. The zero-order valence-corrected chi connectivity index (χ0v) is 16.5. The second-order valence-electron chi connectivity index (χ2n) is 6.77. The zero-order valence-electron chi connectivity index (χ0n) is 16.5. The van der Waals surface area contributed by atoms with Crippen LogP contribution < -0.4 is 15.4 Å². The number of rotatable bonds is 10. The number of ether oxygens (including phenoxy) is 1. The average Bonchev–Trinajstić information content (AvgIpc) is 2.76. The second kappa shape index (κ2) is 10.8. The number of amides is 1. The van der Waals surface area contributed by atoms with E-state index in [9.17, 15) is 14.7 Å². The molecule has 0 spiro atoms. The van der Waals surface area contributed by atoms with Crippen LogP contribution in [0.1, 0.15) is 12.0 Å². The van der Waals surface area contributed by atoms with Crippen molar-refractivity contribution < 1.29 is 19.4 Å². The summed E-state index contributed by atoms with van der Waals surface area (Å²) >= 11 is 0. The highest BCUT2D eigenvalue weighted by Gasteiger charge is 2.20. The second-order valence-corrected chi connectivity index (χ2v) is 6.77. The van der Waals surface area contributed by atoms with Gasteiger partial charge in [-0.2, -0.15) is 0 Å². The Bertz CT molecular complexity index is 944. The van der Waals surface area contributed by atoms with E-state index in [0.717, 1.165) is 11.3 Å². The molecule has 154 valence electrons. The Morgan fingerprint density at radius 3 is 2.07 bits per heavy atom. The van der Waals surface area contributed by atoms with E-state index in [4.69, 9.17) is 4.74 Å². The van der Waals surface area contributed by atoms with E-state index in [0.29, 0.717) is 24.4 Å². The molecule has 30 heavy (non-hydrogen) atoms. The van der Waals surface area contributed by atoms with Crippen LogP contribution in [0.3, 0.4) is 0 Å². The van der Waals surface area contributed by atoms with Crippen molar-refractivity contribution in [3.8, 4) is 11.5 Å². The highest BCUT2D eigenvalue weighted by molar-refractivity contribution is 5.94. The Hall–Kier alpha value is -3.64. The van der Waals surface area contributed by atoms with Crippen molar-refractivity contribution in [3.05, 3.63) is 90.5 Å². The SMILES string of the molecule is O=C(C[C@H](NCCc1ccccc1)C(=O)O)Nc1ccc(Oc2ccccc2)cc1. The van der Waals surface area contributed by atoms with Crippen LogP contribution in [-0.2, 0) is 16.0 Å². The van der Waals surface area contributed by atoms with Crippen LogP contribution in [0.5, 0.6) is 11.5 Å². The van der Waals surface area contributed by atoms with E-state index in [1.807, 2.05) is 60.7 Å². The van der Waals surface area contributed by atoms with Crippen LogP contribution in [0.15, 0.2) is 84.9 Å². The Kier molecular flexibility index (Phi) is 7.58. The van der Waals surface area contributed by atoms with Gasteiger partial charge < -0.3 is 20.5 Å². The lowest BCUT2D eigenvalue weighted by Crippen LogP contribution is -2.40. The molecular weight excluding hydrogens is 380 g/mol. The van der Waals surface area contributed by atoms with Gasteiger partial charge in [0.15, 0.2) is 0 Å². The van der Waals surface area contributed by atoms with Crippen molar-refractivity contribution in [1.82, 2.24) is 5.32 Å². The van der Waals surface area contributed by atoms with Crippen LogP contribution in [-0.4, -0.2) is 29.6 Å². The maximum absolute atomic E-state index is 12.3. The van der Waals surface area contributed by atoms with Gasteiger partial charge in [0, 0.05) is 5.69 Å². The van der Waals surface area contributed by atoms with Gasteiger partial charge in [-0.1, -0.05) is 48.5 Å². The Morgan fingerprint density at radius 1 is 0.833 bits per heavy atom. The van der Waals surface area contributed by atoms with Crippen LogP contribution in [0.25, 0.3) is 0 Å². The molecule has 0 aliphatic carbocycles. The monoisotopic (exact) mass is 404 g/mol. The average molecular weight is 404 g/mol. The highest BCUT2D eigenvalue weighted by atomic mass is 16.5. The van der Waals surface area contributed by atoms with Gasteiger partial charge in [0.05, 0.1) is 6.42 Å². The molecule has 1 atom stereocenters. The molecule has 0 bridgehead atoms. The van der Waals surface area contributed by atoms with Gasteiger partial charge in [0.2, 0.25) is 5.91 Å². The largest absolute Gasteiger partial charge is 0.480 e. The summed E-state index contributed by atoms with van der Waals surface area (Å²) in [4.78, 5) is 23.8. The van der Waals surface area contributed by atoms with Crippen LogP contribution >= 0.6 is 0 Å². The van der Waals surface area contributed by atoms with Crippen LogP contribution in [0.2, 0.25) is 0 Å². The summed E-state index contributed by atoms with van der Waals surface area (Å²) in [5, 5.41) is 15.1. The third kappa shape index (κ3) is 6.76. The number of anilines is 1. The number of hydrogen-bond acceptors (Lipinski definition) is 4. The summed E-state index contributed by atoms with van der Waals surface area (Å²) in [6, 6.07) is 25.1. The molecule has 0 radical (unpaired) electrons. The number of carbonyl (C=O) groups excluding carboxylic acids is 1. The predicted octanol–water partition coefficient (Wildman–Crippen LogP) is 4.09. The molecule has 3 N–H and O–H groups in total. The highest BCUT2D eigenvalue weighted by Crippen LogP contribution is 2.22. The smallest absolute Gasteiger partial charge is 0.321 e. The number of carbonyl (C=O) groups is 2. The molecule has 6 heteroatoms. The quantitative estimate of drug-likeness (QED) is 0.474. The van der Waals surface area contributed by atoms with Crippen molar-refractivity contribution in [2.45, 2.75) is 18.9 Å². The summed E-state index contributed by atoms with van der Waals surface area (Å²) in [5.74, 6) is -0.0542.